The number of fused-ring (bicyclic) bond motifs is 4. The summed E-state index contributed by atoms with van der Waals surface area (Å²) in [6, 6.07) is 19.4. The van der Waals surface area contributed by atoms with Crippen molar-refractivity contribution in [2.45, 2.75) is 12.8 Å². The van der Waals surface area contributed by atoms with Crippen LogP contribution in [0.2, 0.25) is 0 Å². The number of nitrogens with zero attached hydrogens (tertiary/aromatic N) is 2. The van der Waals surface area contributed by atoms with Gasteiger partial charge in [-0.2, -0.15) is 0 Å². The van der Waals surface area contributed by atoms with E-state index in [1.165, 1.54) is 11.3 Å². The van der Waals surface area contributed by atoms with E-state index in [-0.39, 0.29) is 23.5 Å². The monoisotopic (exact) mass is 542 g/mol. The predicted molar refractivity (Wildman–Crippen MR) is 154 cm³/mol. The maximum atomic E-state index is 13.7. The number of hydrogen-bond acceptors (Lipinski definition) is 6. The van der Waals surface area contributed by atoms with Crippen molar-refractivity contribution in [3.8, 4) is 5.75 Å². The lowest BCUT2D eigenvalue weighted by Gasteiger charge is -2.19. The average molecular weight is 543 g/mol. The highest BCUT2D eigenvalue weighted by molar-refractivity contribution is 7.22. The van der Waals surface area contributed by atoms with E-state index in [1.54, 1.807) is 53.4 Å². The van der Waals surface area contributed by atoms with Crippen molar-refractivity contribution < 1.29 is 14.7 Å². The van der Waals surface area contributed by atoms with E-state index in [1.807, 2.05) is 25.1 Å². The van der Waals surface area contributed by atoms with Gasteiger partial charge in [0.15, 0.2) is 5.13 Å². The van der Waals surface area contributed by atoms with Crippen LogP contribution in [-0.2, 0) is 0 Å². The van der Waals surface area contributed by atoms with E-state index in [4.69, 9.17) is 17.3 Å². The highest BCUT2D eigenvalue weighted by Crippen LogP contribution is 2.46. The standard InChI is InChI=1S/C29H23ClN4O3S/c1-15-3-2-4-20-23(35)12-22-26(25(15)20)18(13-30)14-34(22)28(37)17-7-10-21-24(11-17)38-29(32-21)33-27(36)16-5-8-19(31)9-6-16/h2-12,18,35H,13-14,31H2,1H3,(H,32,33,36). The molecule has 1 aliphatic heterocycles. The Bertz CT molecular complexity index is 1750. The molecule has 0 saturated carbocycles. The van der Waals surface area contributed by atoms with Crippen LogP contribution in [0.4, 0.5) is 16.5 Å². The number of halogens is 1. The van der Waals surface area contributed by atoms with Gasteiger partial charge in [0.2, 0.25) is 0 Å². The summed E-state index contributed by atoms with van der Waals surface area (Å²) >= 11 is 7.67. The van der Waals surface area contributed by atoms with Crippen molar-refractivity contribution in [1.82, 2.24) is 4.98 Å². The lowest BCUT2D eigenvalue weighted by atomic mass is 9.92. The number of nitrogens with two attached hydrogens (primary N) is 1. The first-order valence-electron chi connectivity index (χ1n) is 12.0. The van der Waals surface area contributed by atoms with Gasteiger partial charge < -0.3 is 15.7 Å². The number of anilines is 3. The molecule has 1 aliphatic rings. The van der Waals surface area contributed by atoms with Gasteiger partial charge in [0.05, 0.1) is 15.9 Å². The number of nitrogens with one attached hydrogen (secondary N) is 1. The van der Waals surface area contributed by atoms with E-state index in [0.717, 1.165) is 26.6 Å². The summed E-state index contributed by atoms with van der Waals surface area (Å²) in [6.45, 7) is 2.42. The van der Waals surface area contributed by atoms with Crippen molar-refractivity contribution >= 4 is 72.2 Å². The van der Waals surface area contributed by atoms with E-state index >= 15 is 0 Å². The summed E-state index contributed by atoms with van der Waals surface area (Å²) in [4.78, 5) is 32.5. The molecule has 4 aromatic carbocycles. The number of thiazole rings is 1. The molecule has 1 aromatic heterocycles. The number of amides is 2. The molecule has 0 spiro atoms. The molecule has 5 aromatic rings. The first-order valence-corrected chi connectivity index (χ1v) is 13.4. The van der Waals surface area contributed by atoms with Gasteiger partial charge in [-0.25, -0.2) is 4.98 Å². The summed E-state index contributed by atoms with van der Waals surface area (Å²) in [7, 11) is 0. The van der Waals surface area contributed by atoms with Crippen molar-refractivity contribution in [3.63, 3.8) is 0 Å². The molecule has 4 N–H and O–H groups in total. The van der Waals surface area contributed by atoms with E-state index in [2.05, 4.69) is 10.3 Å². The minimum absolute atomic E-state index is 0.0536. The third kappa shape index (κ3) is 4.02. The molecule has 1 unspecified atom stereocenters. The number of phenols is 1. The Labute approximate surface area is 227 Å². The van der Waals surface area contributed by atoms with Crippen LogP contribution in [0.5, 0.6) is 5.75 Å². The van der Waals surface area contributed by atoms with Crippen LogP contribution >= 0.6 is 22.9 Å². The fourth-order valence-corrected chi connectivity index (χ4v) is 6.24. The lowest BCUT2D eigenvalue weighted by Crippen LogP contribution is -2.30. The number of carbonyl (C=O) groups excluding carboxylic acids is 2. The number of aryl methyl sites for hydroxylation is 1. The molecule has 1 atom stereocenters. The summed E-state index contributed by atoms with van der Waals surface area (Å²) in [6.07, 6.45) is 0. The highest BCUT2D eigenvalue weighted by atomic mass is 35.5. The molecular formula is C29H23ClN4O3S. The second-order valence-electron chi connectivity index (χ2n) is 9.37. The van der Waals surface area contributed by atoms with Crippen molar-refractivity contribution in [2.75, 3.05) is 28.4 Å². The summed E-state index contributed by atoms with van der Waals surface area (Å²) < 4.78 is 0.772. The zero-order valence-electron chi connectivity index (χ0n) is 20.4. The number of nitrogen functional groups attached to an aromatic ring is 1. The molecule has 190 valence electrons. The van der Waals surface area contributed by atoms with E-state index < -0.39 is 0 Å². The van der Waals surface area contributed by atoms with Crippen LogP contribution in [0.1, 0.15) is 37.8 Å². The third-order valence-corrected chi connectivity index (χ3v) is 8.24. The molecule has 2 amide bonds. The maximum Gasteiger partial charge on any atom is 0.258 e. The molecular weight excluding hydrogens is 520 g/mol. The minimum atomic E-state index is -0.288. The zero-order chi connectivity index (χ0) is 26.6. The number of alkyl halides is 1. The van der Waals surface area contributed by atoms with Gasteiger partial charge >= 0.3 is 0 Å². The number of phenolic OH excluding ortho intramolecular Hbond substituents is 1. The minimum Gasteiger partial charge on any atom is -0.507 e. The number of benzene rings is 4. The number of aromatic hydroxyl groups is 1. The Hall–Kier alpha value is -4.14. The summed E-state index contributed by atoms with van der Waals surface area (Å²) in [5.74, 6) is -0.0370. The van der Waals surface area contributed by atoms with Gasteiger partial charge in [-0.3, -0.25) is 14.9 Å². The fourth-order valence-electron chi connectivity index (χ4n) is 5.09. The quantitative estimate of drug-likeness (QED) is 0.183. The van der Waals surface area contributed by atoms with Crippen molar-refractivity contribution in [2.24, 2.45) is 0 Å². The van der Waals surface area contributed by atoms with Crippen LogP contribution in [0, 0.1) is 6.92 Å². The Kier molecular flexibility index (Phi) is 5.93. The van der Waals surface area contributed by atoms with Gasteiger partial charge in [-0.15, -0.1) is 11.6 Å². The zero-order valence-corrected chi connectivity index (χ0v) is 21.9. The summed E-state index contributed by atoms with van der Waals surface area (Å²) in [5, 5.41) is 15.7. The van der Waals surface area contributed by atoms with Gasteiger partial charge in [0.25, 0.3) is 11.8 Å². The number of carbonyl (C=O) groups is 2. The predicted octanol–water partition coefficient (Wildman–Crippen LogP) is 6.28. The normalized spacial score (nSPS) is 14.7. The van der Waals surface area contributed by atoms with Crippen LogP contribution in [-0.4, -0.2) is 34.3 Å². The Balaban J connectivity index is 1.33. The van der Waals surface area contributed by atoms with Crippen molar-refractivity contribution in [3.05, 3.63) is 89.0 Å². The molecule has 7 nitrogen and oxygen atoms in total. The largest absolute Gasteiger partial charge is 0.507 e. The average Bonchev–Trinajstić information content (AvgIpc) is 3.48. The smallest absolute Gasteiger partial charge is 0.258 e. The third-order valence-electron chi connectivity index (χ3n) is 6.93. The van der Waals surface area contributed by atoms with E-state index in [0.29, 0.717) is 45.6 Å². The van der Waals surface area contributed by atoms with Crippen molar-refractivity contribution in [1.29, 1.82) is 0 Å². The molecule has 38 heavy (non-hydrogen) atoms. The molecule has 6 rings (SSSR count). The lowest BCUT2D eigenvalue weighted by molar-refractivity contribution is 0.0987. The van der Waals surface area contributed by atoms with Gasteiger partial charge in [0.1, 0.15) is 5.75 Å². The topological polar surface area (TPSA) is 109 Å². The number of aromatic nitrogens is 1. The van der Waals surface area contributed by atoms with Gasteiger partial charge in [-0.1, -0.05) is 29.5 Å². The molecule has 0 radical (unpaired) electrons. The number of hydrogen-bond donors (Lipinski definition) is 3. The molecule has 0 aliphatic carbocycles. The number of rotatable bonds is 4. The first kappa shape index (κ1) is 24.2. The first-order chi connectivity index (χ1) is 18.3. The van der Waals surface area contributed by atoms with E-state index in [9.17, 15) is 14.7 Å². The molecule has 2 heterocycles. The Morgan fingerprint density at radius 1 is 1.13 bits per heavy atom. The van der Waals surface area contributed by atoms with Crippen LogP contribution < -0.4 is 16.0 Å². The Morgan fingerprint density at radius 2 is 1.89 bits per heavy atom. The Morgan fingerprint density at radius 3 is 2.66 bits per heavy atom. The van der Waals surface area contributed by atoms with Crippen LogP contribution in [0.25, 0.3) is 21.0 Å². The van der Waals surface area contributed by atoms with Crippen LogP contribution in [0.15, 0.2) is 66.7 Å². The fraction of sp³-hybridized carbons (Fsp3) is 0.138. The SMILES string of the molecule is Cc1cccc2c(O)cc3c(c12)C(CCl)CN3C(=O)c1ccc2nc(NC(=O)c3ccc(N)cc3)sc2c1. The molecule has 0 saturated heterocycles. The molecule has 0 bridgehead atoms. The second-order valence-corrected chi connectivity index (χ2v) is 10.7. The molecule has 9 heteroatoms. The van der Waals surface area contributed by atoms with Gasteiger partial charge in [-0.05, 0) is 65.9 Å². The summed E-state index contributed by atoms with van der Waals surface area (Å²) in [5.41, 5.74) is 10.6. The molecule has 0 fully saturated rings. The highest BCUT2D eigenvalue weighted by Gasteiger charge is 2.35. The van der Waals surface area contributed by atoms with Crippen LogP contribution in [0.3, 0.4) is 0 Å². The van der Waals surface area contributed by atoms with Gasteiger partial charge in [0, 0.05) is 46.6 Å². The maximum absolute atomic E-state index is 13.7. The second kappa shape index (κ2) is 9.31.